The maximum Gasteiger partial charge on any atom is 0.317 e. The van der Waals surface area contributed by atoms with E-state index in [-0.39, 0.29) is 6.03 Å². The average Bonchev–Trinajstić information content (AvgIpc) is 3.08. The number of piperazine rings is 1. The summed E-state index contributed by atoms with van der Waals surface area (Å²) in [6, 6.07) is 9.02. The van der Waals surface area contributed by atoms with Crippen molar-refractivity contribution < 1.29 is 13.2 Å². The number of carbonyl (C=O) groups excluding carboxylic acids is 1. The van der Waals surface area contributed by atoms with E-state index in [1.54, 1.807) is 17.0 Å². The molecule has 170 valence electrons. The minimum Gasteiger partial charge on any atom is -0.338 e. The number of aryl methyl sites for hydroxylation is 4. The standard InChI is InChI=1S/C22H33N5O3S/c1-4-6-20-7-9-21(10-8-20)31(29,30)26-15-13-25(14-16-26)22(28)23-11-5-12-27-19(3)17-18(2)24-27/h7-10,17H,4-6,11-16H2,1-3H3,(H,23,28). The summed E-state index contributed by atoms with van der Waals surface area (Å²) in [5.41, 5.74) is 3.24. The molecule has 1 fully saturated rings. The second-order valence-electron chi connectivity index (χ2n) is 8.02. The molecule has 3 rings (SSSR count). The Morgan fingerprint density at radius 2 is 1.77 bits per heavy atom. The molecule has 1 saturated heterocycles. The predicted molar refractivity (Wildman–Crippen MR) is 120 cm³/mol. The highest BCUT2D eigenvalue weighted by molar-refractivity contribution is 7.89. The molecule has 0 bridgehead atoms. The van der Waals surface area contributed by atoms with Crippen LogP contribution in [0.1, 0.15) is 36.7 Å². The van der Waals surface area contributed by atoms with Gasteiger partial charge in [-0.1, -0.05) is 25.5 Å². The van der Waals surface area contributed by atoms with Crippen molar-refractivity contribution in [2.24, 2.45) is 0 Å². The van der Waals surface area contributed by atoms with Crippen molar-refractivity contribution in [3.05, 3.63) is 47.3 Å². The van der Waals surface area contributed by atoms with Crippen molar-refractivity contribution in [3.8, 4) is 0 Å². The SMILES string of the molecule is CCCc1ccc(S(=O)(=O)N2CCN(C(=O)NCCCn3nc(C)cc3C)CC2)cc1. The molecular formula is C22H33N5O3S. The molecule has 1 aromatic heterocycles. The van der Waals surface area contributed by atoms with E-state index >= 15 is 0 Å². The number of hydrogen-bond acceptors (Lipinski definition) is 4. The van der Waals surface area contributed by atoms with E-state index < -0.39 is 10.0 Å². The van der Waals surface area contributed by atoms with E-state index in [2.05, 4.69) is 17.3 Å². The Labute approximate surface area is 185 Å². The van der Waals surface area contributed by atoms with Crippen LogP contribution >= 0.6 is 0 Å². The smallest absolute Gasteiger partial charge is 0.317 e. The van der Waals surface area contributed by atoms with Gasteiger partial charge in [0.2, 0.25) is 10.0 Å². The quantitative estimate of drug-likeness (QED) is 0.630. The summed E-state index contributed by atoms with van der Waals surface area (Å²) in [6.45, 7) is 8.77. The first-order valence-corrected chi connectivity index (χ1v) is 12.4. The largest absolute Gasteiger partial charge is 0.338 e. The van der Waals surface area contributed by atoms with Crippen molar-refractivity contribution in [2.75, 3.05) is 32.7 Å². The van der Waals surface area contributed by atoms with Gasteiger partial charge in [0.25, 0.3) is 0 Å². The molecule has 0 spiro atoms. The number of nitrogens with zero attached hydrogens (tertiary/aromatic N) is 4. The molecule has 9 heteroatoms. The Kier molecular flexibility index (Phi) is 7.72. The van der Waals surface area contributed by atoms with E-state index in [0.717, 1.165) is 42.8 Å². The van der Waals surface area contributed by atoms with Gasteiger partial charge >= 0.3 is 6.03 Å². The molecule has 31 heavy (non-hydrogen) atoms. The Morgan fingerprint density at radius 1 is 1.10 bits per heavy atom. The number of carbonyl (C=O) groups is 1. The minimum absolute atomic E-state index is 0.144. The van der Waals surface area contributed by atoms with E-state index in [1.165, 1.54) is 4.31 Å². The summed E-state index contributed by atoms with van der Waals surface area (Å²) >= 11 is 0. The Morgan fingerprint density at radius 3 is 2.35 bits per heavy atom. The third-order valence-electron chi connectivity index (χ3n) is 5.55. The number of benzene rings is 1. The van der Waals surface area contributed by atoms with Gasteiger partial charge in [0.1, 0.15) is 0 Å². The maximum atomic E-state index is 12.9. The number of amides is 2. The van der Waals surface area contributed by atoms with Crippen molar-refractivity contribution >= 4 is 16.1 Å². The molecule has 0 aliphatic carbocycles. The normalized spacial score (nSPS) is 15.3. The highest BCUT2D eigenvalue weighted by Crippen LogP contribution is 2.19. The summed E-state index contributed by atoms with van der Waals surface area (Å²) in [5, 5.41) is 7.35. The fourth-order valence-electron chi connectivity index (χ4n) is 3.83. The van der Waals surface area contributed by atoms with Gasteiger partial charge in [-0.05, 0) is 50.5 Å². The van der Waals surface area contributed by atoms with E-state index in [4.69, 9.17) is 0 Å². The Hall–Kier alpha value is -2.39. The topological polar surface area (TPSA) is 87.5 Å². The lowest BCUT2D eigenvalue weighted by Gasteiger charge is -2.34. The van der Waals surface area contributed by atoms with E-state index in [0.29, 0.717) is 37.6 Å². The fraction of sp³-hybridized carbons (Fsp3) is 0.545. The van der Waals surface area contributed by atoms with E-state index in [9.17, 15) is 13.2 Å². The molecule has 0 unspecified atom stereocenters. The lowest BCUT2D eigenvalue weighted by atomic mass is 10.1. The van der Waals surface area contributed by atoms with Crippen LogP contribution in [0.25, 0.3) is 0 Å². The highest BCUT2D eigenvalue weighted by Gasteiger charge is 2.30. The molecule has 1 N–H and O–H groups in total. The van der Waals surface area contributed by atoms with Crippen LogP contribution in [0, 0.1) is 13.8 Å². The molecule has 0 saturated carbocycles. The third-order valence-corrected chi connectivity index (χ3v) is 7.46. The first kappa shape index (κ1) is 23.3. The zero-order valence-corrected chi connectivity index (χ0v) is 19.5. The van der Waals surface area contributed by atoms with Gasteiger partial charge in [-0.15, -0.1) is 0 Å². The van der Waals surface area contributed by atoms with Crippen molar-refractivity contribution in [2.45, 2.75) is 51.5 Å². The van der Waals surface area contributed by atoms with Crippen LogP contribution in [0.3, 0.4) is 0 Å². The molecule has 0 radical (unpaired) electrons. The van der Waals surface area contributed by atoms with Gasteiger partial charge in [0.15, 0.2) is 0 Å². The summed E-state index contributed by atoms with van der Waals surface area (Å²) < 4.78 is 29.2. The fourth-order valence-corrected chi connectivity index (χ4v) is 5.26. The minimum atomic E-state index is -3.53. The lowest BCUT2D eigenvalue weighted by molar-refractivity contribution is 0.172. The van der Waals surface area contributed by atoms with Gasteiger partial charge in [-0.2, -0.15) is 9.40 Å². The van der Waals surface area contributed by atoms with Gasteiger partial charge in [0.05, 0.1) is 10.6 Å². The molecule has 2 amide bonds. The summed E-state index contributed by atoms with van der Waals surface area (Å²) in [5.74, 6) is 0. The average molecular weight is 448 g/mol. The number of aromatic nitrogens is 2. The summed E-state index contributed by atoms with van der Waals surface area (Å²) in [4.78, 5) is 14.4. The molecule has 1 aliphatic rings. The van der Waals surface area contributed by atoms with Crippen LogP contribution in [-0.4, -0.2) is 66.2 Å². The van der Waals surface area contributed by atoms with Crippen LogP contribution in [0.2, 0.25) is 0 Å². The predicted octanol–water partition coefficient (Wildman–Crippen LogP) is 2.56. The van der Waals surface area contributed by atoms with Gasteiger partial charge < -0.3 is 10.2 Å². The number of urea groups is 1. The molecule has 1 aliphatic heterocycles. The number of rotatable bonds is 8. The van der Waals surface area contributed by atoms with Crippen molar-refractivity contribution in [1.82, 2.24) is 24.3 Å². The van der Waals surface area contributed by atoms with Crippen LogP contribution in [-0.2, 0) is 23.0 Å². The van der Waals surface area contributed by atoms with Crippen LogP contribution in [0.4, 0.5) is 4.79 Å². The molecule has 2 heterocycles. The third kappa shape index (κ3) is 5.86. The molecule has 2 aromatic rings. The van der Waals surface area contributed by atoms with Crippen LogP contribution in [0.5, 0.6) is 0 Å². The summed E-state index contributed by atoms with van der Waals surface area (Å²) in [7, 11) is -3.53. The zero-order chi connectivity index (χ0) is 22.4. The van der Waals surface area contributed by atoms with E-state index in [1.807, 2.05) is 36.7 Å². The first-order chi connectivity index (χ1) is 14.8. The molecule has 1 aromatic carbocycles. The second-order valence-corrected chi connectivity index (χ2v) is 9.96. The second kappa shape index (κ2) is 10.3. The number of hydrogen-bond donors (Lipinski definition) is 1. The maximum absolute atomic E-state index is 12.9. The zero-order valence-electron chi connectivity index (χ0n) is 18.7. The van der Waals surface area contributed by atoms with Crippen molar-refractivity contribution in [3.63, 3.8) is 0 Å². The van der Waals surface area contributed by atoms with Crippen molar-refractivity contribution in [1.29, 1.82) is 0 Å². The molecular weight excluding hydrogens is 414 g/mol. The van der Waals surface area contributed by atoms with Gasteiger partial charge in [-0.3, -0.25) is 4.68 Å². The Balaban J connectivity index is 1.44. The number of sulfonamides is 1. The summed E-state index contributed by atoms with van der Waals surface area (Å²) in [6.07, 6.45) is 2.75. The monoisotopic (exact) mass is 447 g/mol. The van der Waals surface area contributed by atoms with Crippen LogP contribution in [0.15, 0.2) is 35.2 Å². The van der Waals surface area contributed by atoms with Gasteiger partial charge in [0, 0.05) is 45.0 Å². The van der Waals surface area contributed by atoms with Crippen LogP contribution < -0.4 is 5.32 Å². The molecule has 0 atom stereocenters. The molecule has 8 nitrogen and oxygen atoms in total. The highest BCUT2D eigenvalue weighted by atomic mass is 32.2. The number of nitrogens with one attached hydrogen (secondary N) is 1. The Bertz CT molecular complexity index is 977. The van der Waals surface area contributed by atoms with Gasteiger partial charge in [-0.25, -0.2) is 13.2 Å². The lowest BCUT2D eigenvalue weighted by Crippen LogP contribution is -2.53. The first-order valence-electron chi connectivity index (χ1n) is 10.9.